The largest absolute Gasteiger partial charge is 0.394 e. The van der Waals surface area contributed by atoms with Crippen LogP contribution in [-0.2, 0) is 0 Å². The van der Waals surface area contributed by atoms with Crippen LogP contribution < -0.4 is 5.32 Å². The summed E-state index contributed by atoms with van der Waals surface area (Å²) < 4.78 is 0. The highest BCUT2D eigenvalue weighted by Crippen LogP contribution is 2.16. The SMILES string of the molecule is OC[C@@H](O)[C@@H](O)[C@@H](O)[C@@H](O)[C@@H]1[NH2+]CCS1. The lowest BCUT2D eigenvalue weighted by Gasteiger charge is -2.26. The lowest BCUT2D eigenvalue weighted by molar-refractivity contribution is -0.665. The number of hydrogen-bond donors (Lipinski definition) is 6. The van der Waals surface area contributed by atoms with Crippen LogP contribution in [0.5, 0.6) is 0 Å². The fraction of sp³-hybridized carbons (Fsp3) is 1.00. The van der Waals surface area contributed by atoms with Gasteiger partial charge in [0.05, 0.1) is 13.2 Å². The first kappa shape index (κ1) is 13.2. The molecule has 0 aromatic heterocycles. The van der Waals surface area contributed by atoms with Gasteiger partial charge in [-0.15, -0.1) is 0 Å². The van der Waals surface area contributed by atoms with Gasteiger partial charge in [-0.05, 0) is 0 Å². The Bertz CT molecular complexity index is 190. The van der Waals surface area contributed by atoms with Gasteiger partial charge in [0.15, 0.2) is 5.37 Å². The summed E-state index contributed by atoms with van der Waals surface area (Å²) in [6.07, 6.45) is -5.52. The molecule has 0 saturated carbocycles. The summed E-state index contributed by atoms with van der Waals surface area (Å²) in [6.45, 7) is 0.213. The van der Waals surface area contributed by atoms with E-state index in [1.165, 1.54) is 11.8 Å². The fourth-order valence-corrected chi connectivity index (χ4v) is 2.65. The maximum absolute atomic E-state index is 9.68. The topological polar surface area (TPSA) is 118 Å². The van der Waals surface area contributed by atoms with Crippen LogP contribution in [0.15, 0.2) is 0 Å². The molecule has 7 heteroatoms. The van der Waals surface area contributed by atoms with E-state index in [1.54, 1.807) is 0 Å². The van der Waals surface area contributed by atoms with Crippen LogP contribution in [0, 0.1) is 0 Å². The average molecular weight is 240 g/mol. The zero-order valence-electron chi connectivity index (χ0n) is 8.23. The summed E-state index contributed by atoms with van der Waals surface area (Å²) in [6, 6.07) is 0. The van der Waals surface area contributed by atoms with E-state index in [1.807, 2.05) is 5.32 Å². The Labute approximate surface area is 91.9 Å². The summed E-state index contributed by atoms with van der Waals surface area (Å²) in [7, 11) is 0. The van der Waals surface area contributed by atoms with Crippen molar-refractivity contribution in [3.05, 3.63) is 0 Å². The van der Waals surface area contributed by atoms with Gasteiger partial charge in [0, 0.05) is 5.75 Å². The van der Waals surface area contributed by atoms with Crippen molar-refractivity contribution in [3.63, 3.8) is 0 Å². The van der Waals surface area contributed by atoms with E-state index >= 15 is 0 Å². The lowest BCUT2D eigenvalue weighted by atomic mass is 10.0. The monoisotopic (exact) mass is 240 g/mol. The fourth-order valence-electron chi connectivity index (χ4n) is 1.47. The van der Waals surface area contributed by atoms with Gasteiger partial charge < -0.3 is 30.8 Å². The van der Waals surface area contributed by atoms with E-state index in [9.17, 15) is 15.3 Å². The van der Waals surface area contributed by atoms with Crippen molar-refractivity contribution < 1.29 is 30.8 Å². The predicted molar refractivity (Wildman–Crippen MR) is 54.2 cm³/mol. The first-order chi connectivity index (χ1) is 7.07. The van der Waals surface area contributed by atoms with Crippen molar-refractivity contribution in [2.24, 2.45) is 0 Å². The van der Waals surface area contributed by atoms with E-state index in [-0.39, 0.29) is 5.37 Å². The molecule has 0 unspecified atom stereocenters. The van der Waals surface area contributed by atoms with Crippen LogP contribution in [0.25, 0.3) is 0 Å². The van der Waals surface area contributed by atoms with E-state index < -0.39 is 31.0 Å². The molecular formula is C8H18NO5S+. The molecule has 90 valence electrons. The standard InChI is InChI=1S/C8H17NO5S/c10-3-4(11)5(12)6(13)7(14)8-9-1-2-15-8/h4-14H,1-3H2/p+1/t4-,5-,6-,7-,8-/m1/s1. The highest BCUT2D eigenvalue weighted by atomic mass is 32.2. The average Bonchev–Trinajstić information content (AvgIpc) is 2.78. The highest BCUT2D eigenvalue weighted by molar-refractivity contribution is 7.99. The predicted octanol–water partition coefficient (Wildman–Crippen LogP) is -3.94. The first-order valence-electron chi connectivity index (χ1n) is 4.86. The minimum Gasteiger partial charge on any atom is -0.394 e. The van der Waals surface area contributed by atoms with Crippen LogP contribution >= 0.6 is 11.8 Å². The molecule has 7 N–H and O–H groups in total. The molecule has 0 radical (unpaired) electrons. The van der Waals surface area contributed by atoms with Crippen molar-refractivity contribution in [1.82, 2.24) is 0 Å². The Balaban J connectivity index is 2.46. The zero-order chi connectivity index (χ0) is 11.4. The molecule has 0 aromatic carbocycles. The van der Waals surface area contributed by atoms with Crippen LogP contribution in [0.1, 0.15) is 0 Å². The van der Waals surface area contributed by atoms with Gasteiger partial charge in [-0.2, -0.15) is 0 Å². The lowest BCUT2D eigenvalue weighted by Crippen LogP contribution is -2.89. The number of aliphatic hydroxyl groups excluding tert-OH is 5. The van der Waals surface area contributed by atoms with E-state index in [0.29, 0.717) is 0 Å². The second-order valence-electron chi connectivity index (χ2n) is 3.58. The molecule has 0 bridgehead atoms. The molecule has 1 fully saturated rings. The second-order valence-corrected chi connectivity index (χ2v) is 4.87. The third kappa shape index (κ3) is 3.28. The molecule has 1 saturated heterocycles. The maximum atomic E-state index is 9.68. The summed E-state index contributed by atoms with van der Waals surface area (Å²) >= 11 is 1.49. The summed E-state index contributed by atoms with van der Waals surface area (Å²) in [5.41, 5.74) is 0. The zero-order valence-corrected chi connectivity index (χ0v) is 9.05. The number of thioether (sulfide) groups is 1. The van der Waals surface area contributed by atoms with Gasteiger partial charge in [0.25, 0.3) is 0 Å². The number of hydrogen-bond acceptors (Lipinski definition) is 6. The summed E-state index contributed by atoms with van der Waals surface area (Å²) in [4.78, 5) is 0. The van der Waals surface area contributed by atoms with E-state index in [0.717, 1.165) is 12.3 Å². The molecule has 0 aromatic rings. The molecule has 1 rings (SSSR count). The Hall–Kier alpha value is 0.110. The van der Waals surface area contributed by atoms with E-state index in [2.05, 4.69) is 0 Å². The van der Waals surface area contributed by atoms with Gasteiger partial charge in [-0.25, -0.2) is 0 Å². The number of rotatable bonds is 5. The molecule has 0 spiro atoms. The van der Waals surface area contributed by atoms with Crippen molar-refractivity contribution in [3.8, 4) is 0 Å². The Morgan fingerprint density at radius 1 is 1.20 bits per heavy atom. The Morgan fingerprint density at radius 2 is 1.87 bits per heavy atom. The minimum atomic E-state index is -1.53. The molecule has 1 aliphatic rings. The van der Waals surface area contributed by atoms with Gasteiger partial charge in [0.1, 0.15) is 24.4 Å². The molecule has 5 atom stereocenters. The third-order valence-corrected chi connectivity index (χ3v) is 3.77. The molecular weight excluding hydrogens is 222 g/mol. The van der Waals surface area contributed by atoms with Gasteiger partial charge in [-0.1, -0.05) is 11.8 Å². The molecule has 1 aliphatic heterocycles. The van der Waals surface area contributed by atoms with Crippen molar-refractivity contribution >= 4 is 11.8 Å². The Morgan fingerprint density at radius 3 is 2.33 bits per heavy atom. The Kier molecular flexibility index (Phi) is 5.27. The van der Waals surface area contributed by atoms with Gasteiger partial charge in [0.2, 0.25) is 0 Å². The molecule has 1 heterocycles. The summed E-state index contributed by atoms with van der Waals surface area (Å²) in [5, 5.41) is 47.9. The van der Waals surface area contributed by atoms with Crippen LogP contribution in [0.2, 0.25) is 0 Å². The molecule has 15 heavy (non-hydrogen) atoms. The van der Waals surface area contributed by atoms with Crippen LogP contribution in [0.4, 0.5) is 0 Å². The smallest absolute Gasteiger partial charge is 0.162 e. The van der Waals surface area contributed by atoms with Crippen molar-refractivity contribution in [2.45, 2.75) is 29.8 Å². The molecule has 0 amide bonds. The van der Waals surface area contributed by atoms with Gasteiger partial charge in [-0.3, -0.25) is 0 Å². The summed E-state index contributed by atoms with van der Waals surface area (Å²) in [5.74, 6) is 0.882. The van der Waals surface area contributed by atoms with Crippen molar-refractivity contribution in [2.75, 3.05) is 18.9 Å². The van der Waals surface area contributed by atoms with Crippen molar-refractivity contribution in [1.29, 1.82) is 0 Å². The van der Waals surface area contributed by atoms with Crippen LogP contribution in [0.3, 0.4) is 0 Å². The number of aliphatic hydroxyl groups is 5. The number of quaternary nitrogens is 1. The third-order valence-electron chi connectivity index (χ3n) is 2.44. The number of nitrogens with two attached hydrogens (primary N) is 1. The highest BCUT2D eigenvalue weighted by Gasteiger charge is 2.38. The minimum absolute atomic E-state index is 0.222. The quantitative estimate of drug-likeness (QED) is 0.292. The molecule has 6 nitrogen and oxygen atoms in total. The first-order valence-corrected chi connectivity index (χ1v) is 5.91. The van der Waals surface area contributed by atoms with Gasteiger partial charge >= 0.3 is 0 Å². The molecule has 0 aliphatic carbocycles. The second kappa shape index (κ2) is 6.00. The normalized spacial score (nSPS) is 29.8. The van der Waals surface area contributed by atoms with Crippen LogP contribution in [-0.4, -0.2) is 74.2 Å². The van der Waals surface area contributed by atoms with E-state index in [4.69, 9.17) is 10.2 Å². The maximum Gasteiger partial charge on any atom is 0.162 e.